The zero-order valence-electron chi connectivity index (χ0n) is 11.3. The molecule has 110 valence electrons. The molecule has 0 aliphatic carbocycles. The van der Waals surface area contributed by atoms with Crippen molar-refractivity contribution in [2.24, 2.45) is 0 Å². The van der Waals surface area contributed by atoms with E-state index in [1.807, 2.05) is 0 Å². The van der Waals surface area contributed by atoms with Crippen LogP contribution in [-0.4, -0.2) is 10.0 Å². The molecule has 0 amide bonds. The molecule has 0 aliphatic heterocycles. The molecule has 2 aromatic rings. The molecule has 0 fully saturated rings. The molecule has 0 bridgehead atoms. The number of halogens is 1. The SMILES string of the molecule is CC(O)c1cccc(OCc2cc(F)cc([N+](=O)[O-])c2)c1. The van der Waals surface area contributed by atoms with Crippen LogP contribution in [0.2, 0.25) is 0 Å². The summed E-state index contributed by atoms with van der Waals surface area (Å²) in [6.07, 6.45) is -0.621. The van der Waals surface area contributed by atoms with Gasteiger partial charge in [-0.1, -0.05) is 12.1 Å². The molecule has 1 unspecified atom stereocenters. The third-order valence-corrected chi connectivity index (χ3v) is 2.90. The number of aliphatic hydroxyl groups is 1. The van der Waals surface area contributed by atoms with Gasteiger partial charge in [0, 0.05) is 6.07 Å². The molecule has 2 rings (SSSR count). The number of nitro benzene ring substituents is 1. The van der Waals surface area contributed by atoms with Gasteiger partial charge in [-0.15, -0.1) is 0 Å². The summed E-state index contributed by atoms with van der Waals surface area (Å²) in [5, 5.41) is 20.2. The lowest BCUT2D eigenvalue weighted by Gasteiger charge is -2.09. The Balaban J connectivity index is 2.13. The van der Waals surface area contributed by atoms with Crippen molar-refractivity contribution in [3.63, 3.8) is 0 Å². The van der Waals surface area contributed by atoms with Gasteiger partial charge in [0.15, 0.2) is 0 Å². The molecule has 1 N–H and O–H groups in total. The van der Waals surface area contributed by atoms with Crippen LogP contribution in [0.5, 0.6) is 5.75 Å². The minimum absolute atomic E-state index is 0.00185. The maximum Gasteiger partial charge on any atom is 0.272 e. The van der Waals surface area contributed by atoms with Crippen LogP contribution in [0.4, 0.5) is 10.1 Å². The van der Waals surface area contributed by atoms with Crippen molar-refractivity contribution in [3.05, 3.63) is 69.5 Å². The van der Waals surface area contributed by atoms with Gasteiger partial charge in [0.2, 0.25) is 0 Å². The Labute approximate surface area is 120 Å². The van der Waals surface area contributed by atoms with Gasteiger partial charge in [0.25, 0.3) is 5.69 Å². The van der Waals surface area contributed by atoms with Gasteiger partial charge in [-0.25, -0.2) is 4.39 Å². The summed E-state index contributed by atoms with van der Waals surface area (Å²) < 4.78 is 18.8. The van der Waals surface area contributed by atoms with E-state index in [4.69, 9.17) is 4.74 Å². The average molecular weight is 291 g/mol. The van der Waals surface area contributed by atoms with E-state index in [0.717, 1.165) is 6.07 Å². The summed E-state index contributed by atoms with van der Waals surface area (Å²) in [6.45, 7) is 1.64. The Morgan fingerprint density at radius 1 is 1.33 bits per heavy atom. The topological polar surface area (TPSA) is 72.6 Å². The van der Waals surface area contributed by atoms with Crippen molar-refractivity contribution in [2.45, 2.75) is 19.6 Å². The van der Waals surface area contributed by atoms with Crippen LogP contribution in [0.1, 0.15) is 24.2 Å². The number of hydrogen-bond donors (Lipinski definition) is 1. The van der Waals surface area contributed by atoms with E-state index in [1.165, 1.54) is 12.1 Å². The predicted molar refractivity (Wildman–Crippen MR) is 74.5 cm³/mol. The molecule has 0 saturated carbocycles. The number of nitro groups is 1. The van der Waals surface area contributed by atoms with E-state index in [9.17, 15) is 19.6 Å². The number of non-ortho nitro benzene ring substituents is 1. The Morgan fingerprint density at radius 2 is 2.10 bits per heavy atom. The molecular formula is C15H14FNO4. The summed E-state index contributed by atoms with van der Waals surface area (Å²) in [7, 11) is 0. The fraction of sp³-hybridized carbons (Fsp3) is 0.200. The molecule has 5 nitrogen and oxygen atoms in total. The molecular weight excluding hydrogens is 277 g/mol. The van der Waals surface area contributed by atoms with E-state index in [0.29, 0.717) is 16.9 Å². The number of hydrogen-bond acceptors (Lipinski definition) is 4. The molecule has 6 heteroatoms. The second-order valence-electron chi connectivity index (χ2n) is 4.61. The normalized spacial score (nSPS) is 12.0. The van der Waals surface area contributed by atoms with E-state index in [1.54, 1.807) is 31.2 Å². The quantitative estimate of drug-likeness (QED) is 0.677. The minimum atomic E-state index is -0.680. The molecule has 0 aliphatic rings. The highest BCUT2D eigenvalue weighted by molar-refractivity contribution is 5.35. The third-order valence-electron chi connectivity index (χ3n) is 2.90. The molecule has 0 heterocycles. The highest BCUT2D eigenvalue weighted by Gasteiger charge is 2.10. The second-order valence-corrected chi connectivity index (χ2v) is 4.61. The number of nitrogens with zero attached hydrogens (tertiary/aromatic N) is 1. The van der Waals surface area contributed by atoms with Crippen molar-refractivity contribution in [1.82, 2.24) is 0 Å². The largest absolute Gasteiger partial charge is 0.489 e. The minimum Gasteiger partial charge on any atom is -0.489 e. The van der Waals surface area contributed by atoms with Crippen LogP contribution in [0, 0.1) is 15.9 Å². The first kappa shape index (κ1) is 14.9. The maximum atomic E-state index is 13.3. The van der Waals surface area contributed by atoms with Gasteiger partial charge in [0.05, 0.1) is 17.1 Å². The van der Waals surface area contributed by atoms with Gasteiger partial charge >= 0.3 is 0 Å². The average Bonchev–Trinajstić information content (AvgIpc) is 2.45. The van der Waals surface area contributed by atoms with Gasteiger partial charge in [-0.3, -0.25) is 10.1 Å². The molecule has 0 aromatic heterocycles. The monoisotopic (exact) mass is 291 g/mol. The van der Waals surface area contributed by atoms with Crippen molar-refractivity contribution in [3.8, 4) is 5.75 Å². The summed E-state index contributed by atoms with van der Waals surface area (Å²) >= 11 is 0. The lowest BCUT2D eigenvalue weighted by molar-refractivity contribution is -0.385. The molecule has 2 aromatic carbocycles. The molecule has 0 spiro atoms. The van der Waals surface area contributed by atoms with Crippen LogP contribution in [0.3, 0.4) is 0 Å². The van der Waals surface area contributed by atoms with E-state index < -0.39 is 16.8 Å². The second kappa shape index (κ2) is 6.32. The maximum absolute atomic E-state index is 13.3. The summed E-state index contributed by atoms with van der Waals surface area (Å²) in [6, 6.07) is 10.2. The van der Waals surface area contributed by atoms with E-state index in [-0.39, 0.29) is 12.3 Å². The lowest BCUT2D eigenvalue weighted by Crippen LogP contribution is -1.99. The molecule has 21 heavy (non-hydrogen) atoms. The summed E-state index contributed by atoms with van der Waals surface area (Å²) in [5.41, 5.74) is 0.744. The van der Waals surface area contributed by atoms with E-state index in [2.05, 4.69) is 0 Å². The first-order valence-electron chi connectivity index (χ1n) is 6.30. The number of rotatable bonds is 5. The van der Waals surface area contributed by atoms with Crippen LogP contribution in [0.15, 0.2) is 42.5 Å². The molecule has 0 saturated heterocycles. The number of ether oxygens (including phenoxy) is 1. The van der Waals surface area contributed by atoms with Crippen LogP contribution in [-0.2, 0) is 6.61 Å². The first-order valence-corrected chi connectivity index (χ1v) is 6.30. The Bertz CT molecular complexity index is 658. The Kier molecular flexibility index (Phi) is 4.49. The van der Waals surface area contributed by atoms with Crippen LogP contribution >= 0.6 is 0 Å². The highest BCUT2D eigenvalue weighted by Crippen LogP contribution is 2.21. The van der Waals surface area contributed by atoms with Gasteiger partial charge in [-0.2, -0.15) is 0 Å². The third kappa shape index (κ3) is 4.00. The predicted octanol–water partition coefficient (Wildman–Crippen LogP) is 3.37. The molecule has 0 radical (unpaired) electrons. The smallest absolute Gasteiger partial charge is 0.272 e. The lowest BCUT2D eigenvalue weighted by atomic mass is 10.1. The summed E-state index contributed by atoms with van der Waals surface area (Å²) in [5.74, 6) is -0.180. The van der Waals surface area contributed by atoms with Crippen LogP contribution in [0.25, 0.3) is 0 Å². The first-order chi connectivity index (χ1) is 9.95. The Morgan fingerprint density at radius 3 is 2.76 bits per heavy atom. The zero-order valence-corrected chi connectivity index (χ0v) is 11.3. The number of benzene rings is 2. The molecule has 1 atom stereocenters. The van der Waals surface area contributed by atoms with Crippen LogP contribution < -0.4 is 4.74 Å². The van der Waals surface area contributed by atoms with Gasteiger partial charge in [-0.05, 0) is 36.2 Å². The fourth-order valence-electron chi connectivity index (χ4n) is 1.85. The Hall–Kier alpha value is -2.47. The highest BCUT2D eigenvalue weighted by atomic mass is 19.1. The standard InChI is InChI=1S/C15H14FNO4/c1-10(18)12-3-2-4-15(7-12)21-9-11-5-13(16)8-14(6-11)17(19)20/h2-8,10,18H,9H2,1H3. The van der Waals surface area contributed by atoms with Crippen molar-refractivity contribution in [2.75, 3.05) is 0 Å². The summed E-state index contributed by atoms with van der Waals surface area (Å²) in [4.78, 5) is 10.0. The fourth-order valence-corrected chi connectivity index (χ4v) is 1.85. The van der Waals surface area contributed by atoms with Gasteiger partial charge < -0.3 is 9.84 Å². The van der Waals surface area contributed by atoms with E-state index >= 15 is 0 Å². The van der Waals surface area contributed by atoms with Crippen molar-refractivity contribution < 1.29 is 19.2 Å². The number of aliphatic hydroxyl groups excluding tert-OH is 1. The van der Waals surface area contributed by atoms with Crippen molar-refractivity contribution >= 4 is 5.69 Å². The van der Waals surface area contributed by atoms with Gasteiger partial charge in [0.1, 0.15) is 18.2 Å². The zero-order chi connectivity index (χ0) is 15.4. The van der Waals surface area contributed by atoms with Crippen molar-refractivity contribution in [1.29, 1.82) is 0 Å².